The van der Waals surface area contributed by atoms with Crippen molar-refractivity contribution in [2.24, 2.45) is 4.99 Å². The average Bonchev–Trinajstić information content (AvgIpc) is 2.01. The van der Waals surface area contributed by atoms with Crippen LogP contribution in [0.4, 0.5) is 4.39 Å². The third-order valence-electron chi connectivity index (χ3n) is 1.08. The second-order valence-electron chi connectivity index (χ2n) is 1.87. The van der Waals surface area contributed by atoms with Gasteiger partial charge in [0.1, 0.15) is 5.82 Å². The van der Waals surface area contributed by atoms with Gasteiger partial charge in [-0.1, -0.05) is 0 Å². The molecule has 1 aromatic rings. The number of isocyanates is 1. The monoisotopic (exact) mass is 152 g/mol. The molecule has 0 amide bonds. The minimum atomic E-state index is -0.379. The summed E-state index contributed by atoms with van der Waals surface area (Å²) in [6, 6.07) is 2.45. The van der Waals surface area contributed by atoms with Gasteiger partial charge in [-0.15, -0.1) is 0 Å². The average molecular weight is 152 g/mol. The van der Waals surface area contributed by atoms with Gasteiger partial charge in [-0.2, -0.15) is 4.99 Å². The van der Waals surface area contributed by atoms with Crippen molar-refractivity contribution in [3.63, 3.8) is 0 Å². The molecule has 0 unspecified atom stereocenters. The molecule has 0 N–H and O–H groups in total. The lowest BCUT2D eigenvalue weighted by Gasteiger charge is -1.91. The van der Waals surface area contributed by atoms with Crippen LogP contribution in [0.5, 0.6) is 0 Å². The first-order valence-corrected chi connectivity index (χ1v) is 2.97. The standard InChI is InChI=1S/C7H5FN2O/c8-6-1-2-10-7(3-6)4-9-5-11/h1-3H,4H2. The van der Waals surface area contributed by atoms with E-state index in [9.17, 15) is 9.18 Å². The summed E-state index contributed by atoms with van der Waals surface area (Å²) in [5.41, 5.74) is 0.424. The van der Waals surface area contributed by atoms with E-state index in [2.05, 4.69) is 9.98 Å². The van der Waals surface area contributed by atoms with Gasteiger partial charge >= 0.3 is 0 Å². The number of nitrogens with zero attached hydrogens (tertiary/aromatic N) is 2. The maximum Gasteiger partial charge on any atom is 0.235 e. The second-order valence-corrected chi connectivity index (χ2v) is 1.87. The Balaban J connectivity index is 2.79. The zero-order valence-corrected chi connectivity index (χ0v) is 5.62. The van der Waals surface area contributed by atoms with E-state index in [0.29, 0.717) is 5.69 Å². The van der Waals surface area contributed by atoms with Crippen LogP contribution in [0.25, 0.3) is 0 Å². The molecule has 0 saturated carbocycles. The summed E-state index contributed by atoms with van der Waals surface area (Å²) in [6.45, 7) is 0.0846. The normalized spacial score (nSPS) is 8.82. The summed E-state index contributed by atoms with van der Waals surface area (Å²) in [5.74, 6) is -0.379. The van der Waals surface area contributed by atoms with E-state index >= 15 is 0 Å². The van der Waals surface area contributed by atoms with Crippen LogP contribution in [0.1, 0.15) is 5.69 Å². The maximum atomic E-state index is 12.4. The Morgan fingerprint density at radius 1 is 1.73 bits per heavy atom. The van der Waals surface area contributed by atoms with Crippen molar-refractivity contribution in [2.75, 3.05) is 0 Å². The van der Waals surface area contributed by atoms with Crippen molar-refractivity contribution in [3.05, 3.63) is 29.8 Å². The van der Waals surface area contributed by atoms with Gasteiger partial charge in [0.05, 0.1) is 12.2 Å². The molecule has 0 radical (unpaired) electrons. The molecule has 1 aromatic heterocycles. The highest BCUT2D eigenvalue weighted by Gasteiger charge is 1.93. The number of rotatable bonds is 2. The molecule has 11 heavy (non-hydrogen) atoms. The molecule has 0 saturated heterocycles. The van der Waals surface area contributed by atoms with Crippen LogP contribution in [0, 0.1) is 5.82 Å². The largest absolute Gasteiger partial charge is 0.259 e. The van der Waals surface area contributed by atoms with Gasteiger partial charge < -0.3 is 0 Å². The van der Waals surface area contributed by atoms with Crippen LogP contribution in [0.15, 0.2) is 23.3 Å². The Kier molecular flexibility index (Phi) is 2.47. The highest BCUT2D eigenvalue weighted by molar-refractivity contribution is 5.33. The van der Waals surface area contributed by atoms with E-state index in [1.54, 1.807) is 0 Å². The van der Waals surface area contributed by atoms with Crippen molar-refractivity contribution in [2.45, 2.75) is 6.54 Å². The van der Waals surface area contributed by atoms with E-state index < -0.39 is 0 Å². The molecule has 0 aliphatic rings. The van der Waals surface area contributed by atoms with Gasteiger partial charge in [0.15, 0.2) is 0 Å². The van der Waals surface area contributed by atoms with E-state index in [-0.39, 0.29) is 12.4 Å². The summed E-state index contributed by atoms with van der Waals surface area (Å²) < 4.78 is 12.4. The molecule has 3 nitrogen and oxygen atoms in total. The second kappa shape index (κ2) is 3.58. The van der Waals surface area contributed by atoms with Crippen LogP contribution in [0.2, 0.25) is 0 Å². The van der Waals surface area contributed by atoms with Gasteiger partial charge in [-0.05, 0) is 12.1 Å². The Bertz CT molecular complexity index is 294. The molecule has 4 heteroatoms. The molecular formula is C7H5FN2O. The number of aliphatic imine (C=N–C) groups is 1. The van der Waals surface area contributed by atoms with Crippen LogP contribution in [-0.4, -0.2) is 11.1 Å². The molecule has 0 aliphatic heterocycles. The Morgan fingerprint density at radius 2 is 2.55 bits per heavy atom. The Morgan fingerprint density at radius 3 is 3.18 bits per heavy atom. The molecule has 0 fully saturated rings. The van der Waals surface area contributed by atoms with Crippen LogP contribution in [0.3, 0.4) is 0 Å². The van der Waals surface area contributed by atoms with E-state index in [0.717, 1.165) is 0 Å². The topological polar surface area (TPSA) is 42.3 Å². The number of halogens is 1. The maximum absolute atomic E-state index is 12.4. The zero-order valence-electron chi connectivity index (χ0n) is 5.62. The minimum Gasteiger partial charge on any atom is -0.259 e. The van der Waals surface area contributed by atoms with Crippen LogP contribution >= 0.6 is 0 Å². The smallest absolute Gasteiger partial charge is 0.235 e. The Labute approximate surface area is 62.6 Å². The summed E-state index contributed by atoms with van der Waals surface area (Å²) in [5, 5.41) is 0. The first kappa shape index (κ1) is 7.57. The summed E-state index contributed by atoms with van der Waals surface area (Å²) >= 11 is 0. The quantitative estimate of drug-likeness (QED) is 0.469. The zero-order chi connectivity index (χ0) is 8.10. The minimum absolute atomic E-state index is 0.0846. The number of hydrogen-bond donors (Lipinski definition) is 0. The molecule has 0 spiro atoms. The van der Waals surface area contributed by atoms with Crippen molar-refractivity contribution in [1.29, 1.82) is 0 Å². The molecule has 1 rings (SSSR count). The van der Waals surface area contributed by atoms with Crippen LogP contribution in [-0.2, 0) is 11.3 Å². The third kappa shape index (κ3) is 2.27. The molecule has 56 valence electrons. The predicted octanol–water partition coefficient (Wildman–Crippen LogP) is 1.06. The SMILES string of the molecule is O=C=NCc1cc(F)ccn1. The molecule has 0 atom stereocenters. The van der Waals surface area contributed by atoms with Gasteiger partial charge in [-0.3, -0.25) is 4.98 Å². The fourth-order valence-electron chi connectivity index (χ4n) is 0.648. The number of carbonyl (C=O) groups excluding carboxylic acids is 1. The van der Waals surface area contributed by atoms with Gasteiger partial charge in [0.25, 0.3) is 0 Å². The fraction of sp³-hybridized carbons (Fsp3) is 0.143. The predicted molar refractivity (Wildman–Crippen MR) is 36.0 cm³/mol. The fourth-order valence-corrected chi connectivity index (χ4v) is 0.648. The van der Waals surface area contributed by atoms with Crippen molar-refractivity contribution >= 4 is 6.08 Å². The van der Waals surface area contributed by atoms with Gasteiger partial charge in [0, 0.05) is 6.20 Å². The molecule has 0 aromatic carbocycles. The van der Waals surface area contributed by atoms with Crippen molar-refractivity contribution in [3.8, 4) is 0 Å². The van der Waals surface area contributed by atoms with Gasteiger partial charge in [0.2, 0.25) is 6.08 Å². The van der Waals surface area contributed by atoms with E-state index in [1.807, 2.05) is 0 Å². The van der Waals surface area contributed by atoms with E-state index in [4.69, 9.17) is 0 Å². The molecule has 0 aliphatic carbocycles. The van der Waals surface area contributed by atoms with Gasteiger partial charge in [-0.25, -0.2) is 9.18 Å². The summed E-state index contributed by atoms with van der Waals surface area (Å²) in [4.78, 5) is 16.7. The highest BCUT2D eigenvalue weighted by atomic mass is 19.1. The number of hydrogen-bond acceptors (Lipinski definition) is 3. The molecular weight excluding hydrogens is 147 g/mol. The highest BCUT2D eigenvalue weighted by Crippen LogP contribution is 1.99. The number of pyridine rings is 1. The lowest BCUT2D eigenvalue weighted by atomic mass is 10.3. The van der Waals surface area contributed by atoms with E-state index in [1.165, 1.54) is 24.4 Å². The molecule has 0 bridgehead atoms. The Hall–Kier alpha value is -1.54. The lowest BCUT2D eigenvalue weighted by Crippen LogP contribution is -1.87. The molecule has 1 heterocycles. The van der Waals surface area contributed by atoms with Crippen molar-refractivity contribution < 1.29 is 9.18 Å². The number of aromatic nitrogens is 1. The first-order valence-electron chi connectivity index (χ1n) is 2.97. The van der Waals surface area contributed by atoms with Crippen LogP contribution < -0.4 is 0 Å². The third-order valence-corrected chi connectivity index (χ3v) is 1.08. The van der Waals surface area contributed by atoms with Crippen molar-refractivity contribution in [1.82, 2.24) is 4.98 Å². The summed E-state index contributed by atoms with van der Waals surface area (Å²) in [6.07, 6.45) is 2.67. The lowest BCUT2D eigenvalue weighted by molar-refractivity contribution is 0.562. The summed E-state index contributed by atoms with van der Waals surface area (Å²) in [7, 11) is 0. The first-order chi connectivity index (χ1) is 5.33.